The second-order valence-corrected chi connectivity index (χ2v) is 5.76. The fourth-order valence-electron chi connectivity index (χ4n) is 2.16. The Morgan fingerprint density at radius 3 is 2.67 bits per heavy atom. The Balaban J connectivity index is 2.11. The van der Waals surface area contributed by atoms with Crippen molar-refractivity contribution in [1.29, 1.82) is 0 Å². The quantitative estimate of drug-likeness (QED) is 0.675. The van der Waals surface area contributed by atoms with Gasteiger partial charge in [-0.15, -0.1) is 0 Å². The van der Waals surface area contributed by atoms with Gasteiger partial charge in [0, 0.05) is 26.2 Å². The maximum atomic E-state index is 12.5. The molecule has 24 heavy (non-hydrogen) atoms. The largest absolute Gasteiger partial charge is 0.497 e. The van der Waals surface area contributed by atoms with Crippen LogP contribution in [0.1, 0.15) is 29.6 Å². The van der Waals surface area contributed by atoms with Crippen LogP contribution < -0.4 is 14.8 Å². The molecule has 2 rings (SSSR count). The number of amides is 1. The van der Waals surface area contributed by atoms with E-state index in [1.54, 1.807) is 18.2 Å². The Morgan fingerprint density at radius 1 is 1.33 bits per heavy atom. The van der Waals surface area contributed by atoms with Gasteiger partial charge in [-0.05, 0) is 30.9 Å². The highest BCUT2D eigenvalue weighted by Gasteiger charge is 2.25. The summed E-state index contributed by atoms with van der Waals surface area (Å²) < 4.78 is 15.8. The zero-order valence-electron chi connectivity index (χ0n) is 13.9. The molecule has 1 aromatic rings. The van der Waals surface area contributed by atoms with Gasteiger partial charge in [0.15, 0.2) is 0 Å². The number of rotatable bonds is 10. The molecule has 0 radical (unpaired) electrons. The maximum Gasteiger partial charge on any atom is 0.326 e. The Kier molecular flexibility index (Phi) is 6.43. The summed E-state index contributed by atoms with van der Waals surface area (Å²) in [5, 5.41) is 11.7. The molecule has 0 aromatic heterocycles. The van der Waals surface area contributed by atoms with Crippen LogP contribution in [0.3, 0.4) is 0 Å². The average Bonchev–Trinajstić information content (AvgIpc) is 3.40. The second-order valence-electron chi connectivity index (χ2n) is 5.76. The van der Waals surface area contributed by atoms with Crippen LogP contribution in [0.15, 0.2) is 18.2 Å². The van der Waals surface area contributed by atoms with Gasteiger partial charge in [0.2, 0.25) is 0 Å². The Labute approximate surface area is 140 Å². The highest BCUT2D eigenvalue weighted by Crippen LogP contribution is 2.31. The molecule has 1 saturated carbocycles. The first kappa shape index (κ1) is 18.1. The van der Waals surface area contributed by atoms with Gasteiger partial charge in [-0.2, -0.15) is 0 Å². The molecule has 1 amide bonds. The van der Waals surface area contributed by atoms with E-state index < -0.39 is 17.9 Å². The predicted octanol–water partition coefficient (Wildman–Crippen LogP) is 1.70. The monoisotopic (exact) mass is 337 g/mol. The second kappa shape index (κ2) is 8.54. The van der Waals surface area contributed by atoms with Crippen LogP contribution in [0, 0.1) is 5.92 Å². The van der Waals surface area contributed by atoms with Crippen molar-refractivity contribution in [2.75, 3.05) is 27.4 Å². The molecule has 0 aliphatic heterocycles. The van der Waals surface area contributed by atoms with Gasteiger partial charge in [0.25, 0.3) is 5.91 Å². The van der Waals surface area contributed by atoms with Crippen molar-refractivity contribution >= 4 is 11.9 Å². The van der Waals surface area contributed by atoms with Crippen LogP contribution >= 0.6 is 0 Å². The smallest absolute Gasteiger partial charge is 0.326 e. The molecule has 1 aromatic carbocycles. The molecule has 0 spiro atoms. The highest BCUT2D eigenvalue weighted by atomic mass is 16.5. The van der Waals surface area contributed by atoms with E-state index in [0.717, 1.165) is 12.8 Å². The summed E-state index contributed by atoms with van der Waals surface area (Å²) in [5.74, 6) is -0.0944. The first-order valence-electron chi connectivity index (χ1n) is 7.88. The zero-order valence-corrected chi connectivity index (χ0v) is 13.9. The summed E-state index contributed by atoms with van der Waals surface area (Å²) in [5.41, 5.74) is 0.292. The lowest BCUT2D eigenvalue weighted by Crippen LogP contribution is -2.41. The summed E-state index contributed by atoms with van der Waals surface area (Å²) >= 11 is 0. The maximum absolute atomic E-state index is 12.5. The number of hydrogen-bond donors (Lipinski definition) is 2. The number of methoxy groups -OCH3 is 2. The van der Waals surface area contributed by atoms with Crippen LogP contribution in [-0.2, 0) is 9.53 Å². The molecule has 7 heteroatoms. The van der Waals surface area contributed by atoms with E-state index in [1.165, 1.54) is 14.2 Å². The van der Waals surface area contributed by atoms with Crippen molar-refractivity contribution in [3.8, 4) is 11.5 Å². The molecule has 0 bridgehead atoms. The first-order valence-corrected chi connectivity index (χ1v) is 7.88. The van der Waals surface area contributed by atoms with Gasteiger partial charge in [-0.1, -0.05) is 0 Å². The summed E-state index contributed by atoms with van der Waals surface area (Å²) in [4.78, 5) is 23.7. The summed E-state index contributed by atoms with van der Waals surface area (Å²) in [6.07, 6.45) is 2.44. The minimum absolute atomic E-state index is 0.187. The molecule has 1 atom stereocenters. The van der Waals surface area contributed by atoms with Crippen LogP contribution in [-0.4, -0.2) is 50.5 Å². The third-order valence-electron chi connectivity index (χ3n) is 3.82. The zero-order chi connectivity index (χ0) is 17.5. The van der Waals surface area contributed by atoms with E-state index in [-0.39, 0.29) is 13.0 Å². The van der Waals surface area contributed by atoms with Gasteiger partial charge in [-0.25, -0.2) is 4.79 Å². The minimum atomic E-state index is -1.10. The summed E-state index contributed by atoms with van der Waals surface area (Å²) in [6.45, 7) is 0.782. The van der Waals surface area contributed by atoms with E-state index in [1.807, 2.05) is 0 Å². The van der Waals surface area contributed by atoms with Crippen molar-refractivity contribution in [2.45, 2.75) is 25.3 Å². The van der Waals surface area contributed by atoms with Crippen LogP contribution in [0.5, 0.6) is 11.5 Å². The molecule has 1 unspecified atom stereocenters. The van der Waals surface area contributed by atoms with Gasteiger partial charge in [-0.3, -0.25) is 4.79 Å². The molecule has 2 N–H and O–H groups in total. The van der Waals surface area contributed by atoms with E-state index >= 15 is 0 Å². The van der Waals surface area contributed by atoms with Crippen molar-refractivity contribution in [1.82, 2.24) is 5.32 Å². The lowest BCUT2D eigenvalue weighted by molar-refractivity contribution is -0.139. The molecule has 0 saturated heterocycles. The fraction of sp³-hybridized carbons (Fsp3) is 0.529. The van der Waals surface area contributed by atoms with Crippen LogP contribution in [0.25, 0.3) is 0 Å². The third kappa shape index (κ3) is 5.13. The van der Waals surface area contributed by atoms with Crippen molar-refractivity contribution in [2.24, 2.45) is 5.92 Å². The third-order valence-corrected chi connectivity index (χ3v) is 3.82. The molecule has 1 aliphatic carbocycles. The number of nitrogens with one attached hydrogen (secondary N) is 1. The number of benzene rings is 1. The molecular weight excluding hydrogens is 314 g/mol. The highest BCUT2D eigenvalue weighted by molar-refractivity contribution is 5.99. The van der Waals surface area contributed by atoms with E-state index in [4.69, 9.17) is 14.2 Å². The van der Waals surface area contributed by atoms with E-state index in [0.29, 0.717) is 29.6 Å². The first-order chi connectivity index (χ1) is 11.5. The fourth-order valence-corrected chi connectivity index (χ4v) is 2.16. The van der Waals surface area contributed by atoms with Gasteiger partial charge >= 0.3 is 5.97 Å². The van der Waals surface area contributed by atoms with E-state index in [2.05, 4.69) is 5.32 Å². The van der Waals surface area contributed by atoms with Crippen LogP contribution in [0.2, 0.25) is 0 Å². The molecule has 1 fully saturated rings. The lowest BCUT2D eigenvalue weighted by atomic mass is 10.1. The molecular formula is C17H23NO6. The number of ether oxygens (including phenoxy) is 3. The van der Waals surface area contributed by atoms with Crippen molar-refractivity contribution in [3.05, 3.63) is 23.8 Å². The molecule has 132 valence electrons. The summed E-state index contributed by atoms with van der Waals surface area (Å²) in [6, 6.07) is 3.84. The topological polar surface area (TPSA) is 94.1 Å². The minimum Gasteiger partial charge on any atom is -0.497 e. The van der Waals surface area contributed by atoms with Crippen molar-refractivity contribution < 1.29 is 28.9 Å². The Hall–Kier alpha value is -2.28. The normalized spacial score (nSPS) is 14.8. The number of aliphatic carboxylic acids is 1. The number of carbonyl (C=O) groups is 2. The van der Waals surface area contributed by atoms with E-state index in [9.17, 15) is 14.7 Å². The predicted molar refractivity (Wildman–Crippen MR) is 86.6 cm³/mol. The van der Waals surface area contributed by atoms with Crippen molar-refractivity contribution in [3.63, 3.8) is 0 Å². The molecule has 0 heterocycles. The lowest BCUT2D eigenvalue weighted by Gasteiger charge is -2.16. The standard InChI is InChI=1S/C17H23NO6/c1-22-8-7-14(17(20)21)18-16(19)13-6-5-12(23-2)9-15(13)24-10-11-3-4-11/h5-6,9,11,14H,3-4,7-8,10H2,1-2H3,(H,18,19)(H,20,21). The number of hydrogen-bond acceptors (Lipinski definition) is 5. The number of carboxylic acid groups (broad SMARTS) is 1. The van der Waals surface area contributed by atoms with Gasteiger partial charge in [0.1, 0.15) is 17.5 Å². The molecule has 7 nitrogen and oxygen atoms in total. The Bertz CT molecular complexity index is 584. The SMILES string of the molecule is COCCC(NC(=O)c1ccc(OC)cc1OCC1CC1)C(=O)O. The molecule has 1 aliphatic rings. The average molecular weight is 337 g/mol. The van der Waals surface area contributed by atoms with Crippen LogP contribution in [0.4, 0.5) is 0 Å². The number of carbonyl (C=O) groups excluding carboxylic acids is 1. The summed E-state index contributed by atoms with van der Waals surface area (Å²) in [7, 11) is 3.01. The van der Waals surface area contributed by atoms with Gasteiger partial charge < -0.3 is 24.6 Å². The number of carboxylic acids is 1. The van der Waals surface area contributed by atoms with Gasteiger partial charge in [0.05, 0.1) is 19.3 Å². The Morgan fingerprint density at radius 2 is 2.08 bits per heavy atom.